The maximum Gasteiger partial charge on any atom is 0.339 e. The van der Waals surface area contributed by atoms with Gasteiger partial charge in [0.1, 0.15) is 16.6 Å². The smallest absolute Gasteiger partial charge is 0.339 e. The van der Waals surface area contributed by atoms with Gasteiger partial charge in [0.2, 0.25) is 0 Å². The molecule has 0 bridgehead atoms. The van der Waals surface area contributed by atoms with Gasteiger partial charge in [0.15, 0.2) is 0 Å². The summed E-state index contributed by atoms with van der Waals surface area (Å²) >= 11 is 1.40. The number of nitrogens with one attached hydrogen (secondary N) is 1. The minimum Gasteiger partial charge on any atom is -0.465 e. The Bertz CT molecular complexity index is 1300. The molecular weight excluding hydrogens is 394 g/mol. The van der Waals surface area contributed by atoms with Gasteiger partial charge in [-0.15, -0.1) is 11.3 Å². The number of fused-ring (bicyclic) bond motifs is 1. The summed E-state index contributed by atoms with van der Waals surface area (Å²) in [6.45, 7) is 0. The van der Waals surface area contributed by atoms with Crippen molar-refractivity contribution >= 4 is 39.3 Å². The van der Waals surface area contributed by atoms with Crippen LogP contribution in [0.5, 0.6) is 0 Å². The Hall–Kier alpha value is -3.95. The molecule has 3 aromatic carbocycles. The molecule has 4 rings (SSSR count). The maximum absolute atomic E-state index is 11.9. The molecule has 5 nitrogen and oxygen atoms in total. The van der Waals surface area contributed by atoms with Crippen molar-refractivity contribution in [1.82, 2.24) is 4.98 Å². The molecule has 0 aliphatic carbocycles. The lowest BCUT2D eigenvalue weighted by atomic mass is 10.1. The van der Waals surface area contributed by atoms with Crippen molar-refractivity contribution in [3.05, 3.63) is 88.9 Å². The highest BCUT2D eigenvalue weighted by Crippen LogP contribution is 2.28. The molecule has 0 amide bonds. The first-order chi connectivity index (χ1) is 14.7. The number of aromatic nitrogens is 1. The van der Waals surface area contributed by atoms with Crippen LogP contribution in [0.15, 0.2) is 78.3 Å². The largest absolute Gasteiger partial charge is 0.465 e. The molecule has 0 saturated carbocycles. The molecule has 1 aromatic heterocycles. The van der Waals surface area contributed by atoms with Crippen molar-refractivity contribution in [3.63, 3.8) is 0 Å². The van der Waals surface area contributed by atoms with E-state index in [1.54, 1.807) is 30.5 Å². The third-order valence-electron chi connectivity index (χ3n) is 4.60. The lowest BCUT2D eigenvalue weighted by molar-refractivity contribution is 0.0602. The molecule has 0 fully saturated rings. The Morgan fingerprint density at radius 1 is 1.10 bits per heavy atom. The van der Waals surface area contributed by atoms with Crippen LogP contribution in [0, 0.1) is 11.3 Å². The third kappa shape index (κ3) is 3.93. The summed E-state index contributed by atoms with van der Waals surface area (Å²) in [5, 5.41) is 17.5. The first-order valence-corrected chi connectivity index (χ1v) is 10.1. The van der Waals surface area contributed by atoms with Crippen LogP contribution < -0.4 is 5.32 Å². The number of thiazole rings is 1. The number of nitriles is 1. The van der Waals surface area contributed by atoms with Crippen molar-refractivity contribution in [1.29, 1.82) is 5.26 Å². The van der Waals surface area contributed by atoms with Crippen LogP contribution in [0.25, 0.3) is 27.6 Å². The monoisotopic (exact) mass is 411 g/mol. The number of nitrogens with zero attached hydrogens (tertiary/aromatic N) is 2. The van der Waals surface area contributed by atoms with Crippen LogP contribution >= 0.6 is 11.3 Å². The van der Waals surface area contributed by atoms with E-state index >= 15 is 0 Å². The minimum atomic E-state index is -0.446. The van der Waals surface area contributed by atoms with E-state index in [2.05, 4.69) is 40.6 Å². The van der Waals surface area contributed by atoms with E-state index in [4.69, 9.17) is 4.74 Å². The summed E-state index contributed by atoms with van der Waals surface area (Å²) < 4.78 is 4.80. The Kier molecular flexibility index (Phi) is 5.55. The van der Waals surface area contributed by atoms with Crippen molar-refractivity contribution in [3.8, 4) is 17.3 Å². The first-order valence-electron chi connectivity index (χ1n) is 9.19. The number of allylic oxidation sites excluding steroid dienone is 1. The molecule has 30 heavy (non-hydrogen) atoms. The number of esters is 1. The Balaban J connectivity index is 1.61. The highest BCUT2D eigenvalue weighted by atomic mass is 32.1. The van der Waals surface area contributed by atoms with Crippen LogP contribution in [0.2, 0.25) is 0 Å². The van der Waals surface area contributed by atoms with E-state index in [-0.39, 0.29) is 0 Å². The van der Waals surface area contributed by atoms with Gasteiger partial charge in [0, 0.05) is 17.1 Å². The normalized spacial score (nSPS) is 11.1. The summed E-state index contributed by atoms with van der Waals surface area (Å²) in [6.07, 6.45) is 1.56. The van der Waals surface area contributed by atoms with Gasteiger partial charge in [-0.05, 0) is 29.0 Å². The first kappa shape index (κ1) is 19.4. The highest BCUT2D eigenvalue weighted by Gasteiger charge is 2.12. The summed E-state index contributed by atoms with van der Waals surface area (Å²) in [6, 6.07) is 23.5. The predicted octanol–water partition coefficient (Wildman–Crippen LogP) is 5.73. The van der Waals surface area contributed by atoms with Gasteiger partial charge >= 0.3 is 5.97 Å². The number of para-hydroxylation sites is 1. The molecule has 0 unspecified atom stereocenters. The van der Waals surface area contributed by atoms with Gasteiger partial charge in [-0.2, -0.15) is 5.26 Å². The fourth-order valence-corrected chi connectivity index (χ4v) is 3.86. The SMILES string of the molecule is COC(=O)c1ccccc1N/C=C(/C#N)c1nc(-c2ccc3ccccc3c2)cs1. The molecule has 0 aliphatic rings. The number of hydrogen-bond donors (Lipinski definition) is 1. The standard InChI is InChI=1S/C24H17N3O2S/c1-29-24(28)20-8-4-5-9-21(20)26-14-19(13-25)23-27-22(15-30-23)18-11-10-16-6-2-3-7-17(16)12-18/h2-12,14-15,26H,1H3/b19-14-. The van der Waals surface area contributed by atoms with Crippen molar-refractivity contribution < 1.29 is 9.53 Å². The molecule has 0 saturated heterocycles. The number of rotatable bonds is 5. The van der Waals surface area contributed by atoms with Crippen molar-refractivity contribution in [2.75, 3.05) is 12.4 Å². The van der Waals surface area contributed by atoms with Crippen LogP contribution in [0.3, 0.4) is 0 Å². The zero-order chi connectivity index (χ0) is 20.9. The van der Waals surface area contributed by atoms with E-state index in [9.17, 15) is 10.1 Å². The molecule has 6 heteroatoms. The number of benzene rings is 3. The fraction of sp³-hybridized carbons (Fsp3) is 0.0417. The Labute approximate surface area is 177 Å². The number of hydrogen-bond acceptors (Lipinski definition) is 6. The topological polar surface area (TPSA) is 75.0 Å². The summed E-state index contributed by atoms with van der Waals surface area (Å²) in [4.78, 5) is 16.6. The molecular formula is C24H17N3O2S. The number of ether oxygens (including phenoxy) is 1. The third-order valence-corrected chi connectivity index (χ3v) is 5.48. The second-order valence-corrected chi connectivity index (χ2v) is 7.31. The van der Waals surface area contributed by atoms with Gasteiger partial charge < -0.3 is 10.1 Å². The predicted molar refractivity (Wildman–Crippen MR) is 120 cm³/mol. The minimum absolute atomic E-state index is 0.381. The quantitative estimate of drug-likeness (QED) is 0.335. The van der Waals surface area contributed by atoms with Crippen LogP contribution in [0.1, 0.15) is 15.4 Å². The van der Waals surface area contributed by atoms with Gasteiger partial charge in [0.25, 0.3) is 0 Å². The average Bonchev–Trinajstić information content (AvgIpc) is 3.29. The fourth-order valence-electron chi connectivity index (χ4n) is 3.07. The Morgan fingerprint density at radius 2 is 1.87 bits per heavy atom. The van der Waals surface area contributed by atoms with E-state index in [1.807, 2.05) is 23.6 Å². The Morgan fingerprint density at radius 3 is 2.67 bits per heavy atom. The maximum atomic E-state index is 11.9. The number of carbonyl (C=O) groups is 1. The van der Waals surface area contributed by atoms with Crippen molar-refractivity contribution in [2.24, 2.45) is 0 Å². The second kappa shape index (κ2) is 8.60. The van der Waals surface area contributed by atoms with E-state index < -0.39 is 5.97 Å². The number of carbonyl (C=O) groups excluding carboxylic acids is 1. The van der Waals surface area contributed by atoms with Crippen LogP contribution in [0.4, 0.5) is 5.69 Å². The lowest BCUT2D eigenvalue weighted by Crippen LogP contribution is -2.05. The number of anilines is 1. The molecule has 0 spiro atoms. The molecule has 146 valence electrons. The summed E-state index contributed by atoms with van der Waals surface area (Å²) in [5.41, 5.74) is 3.15. The molecule has 4 aromatic rings. The van der Waals surface area contributed by atoms with Gasteiger partial charge in [0.05, 0.1) is 24.1 Å². The summed E-state index contributed by atoms with van der Waals surface area (Å²) in [7, 11) is 1.33. The van der Waals surface area contributed by atoms with Gasteiger partial charge in [-0.1, -0.05) is 48.5 Å². The van der Waals surface area contributed by atoms with Crippen LogP contribution in [-0.2, 0) is 4.74 Å². The van der Waals surface area contributed by atoms with Crippen molar-refractivity contribution in [2.45, 2.75) is 0 Å². The van der Waals surface area contributed by atoms with E-state index in [0.717, 1.165) is 16.6 Å². The second-order valence-electron chi connectivity index (χ2n) is 6.45. The zero-order valence-electron chi connectivity index (χ0n) is 16.1. The molecule has 0 atom stereocenters. The molecule has 0 aliphatic heterocycles. The molecule has 1 N–H and O–H groups in total. The zero-order valence-corrected chi connectivity index (χ0v) is 16.9. The van der Waals surface area contributed by atoms with Crippen LogP contribution in [-0.4, -0.2) is 18.1 Å². The molecule has 0 radical (unpaired) electrons. The highest BCUT2D eigenvalue weighted by molar-refractivity contribution is 7.11. The summed E-state index contributed by atoms with van der Waals surface area (Å²) in [5.74, 6) is -0.446. The van der Waals surface area contributed by atoms with E-state index in [1.165, 1.54) is 23.8 Å². The number of methoxy groups -OCH3 is 1. The lowest BCUT2D eigenvalue weighted by Gasteiger charge is -2.07. The van der Waals surface area contributed by atoms with E-state index in [0.29, 0.717) is 21.8 Å². The van der Waals surface area contributed by atoms with Gasteiger partial charge in [-0.3, -0.25) is 0 Å². The van der Waals surface area contributed by atoms with Gasteiger partial charge in [-0.25, -0.2) is 9.78 Å². The average molecular weight is 411 g/mol. The molecule has 1 heterocycles.